The highest BCUT2D eigenvalue weighted by Gasteiger charge is 2.10. The van der Waals surface area contributed by atoms with Crippen LogP contribution in [0.3, 0.4) is 0 Å². The lowest BCUT2D eigenvalue weighted by Gasteiger charge is -2.08. The smallest absolute Gasteiger partial charge is 0.161 e. The molecule has 2 aromatic carbocycles. The van der Waals surface area contributed by atoms with Gasteiger partial charge in [-0.2, -0.15) is 0 Å². The summed E-state index contributed by atoms with van der Waals surface area (Å²) in [5.74, 6) is 0.133. The Morgan fingerprint density at radius 1 is 1.10 bits per heavy atom. The molecule has 0 amide bonds. The number of aromatic nitrogens is 2. The number of hydrogen-bond acceptors (Lipinski definition) is 2. The number of halogens is 2. The maximum Gasteiger partial charge on any atom is 0.161 e. The monoisotopic (exact) mass is 286 g/mol. The van der Waals surface area contributed by atoms with E-state index in [2.05, 4.69) is 16.9 Å². The van der Waals surface area contributed by atoms with E-state index in [-0.39, 0.29) is 5.82 Å². The van der Waals surface area contributed by atoms with Crippen molar-refractivity contribution in [3.8, 4) is 11.4 Å². The van der Waals surface area contributed by atoms with Crippen LogP contribution in [-0.2, 0) is 6.42 Å². The van der Waals surface area contributed by atoms with Crippen molar-refractivity contribution in [2.45, 2.75) is 13.3 Å². The first-order valence-corrected chi connectivity index (χ1v) is 6.78. The van der Waals surface area contributed by atoms with Crippen molar-refractivity contribution in [3.05, 3.63) is 59.0 Å². The minimum Gasteiger partial charge on any atom is -0.228 e. The Morgan fingerprint density at radius 2 is 1.90 bits per heavy atom. The van der Waals surface area contributed by atoms with E-state index >= 15 is 0 Å². The fraction of sp³-hybridized carbons (Fsp3) is 0.125. The minimum atomic E-state index is -0.314. The largest absolute Gasteiger partial charge is 0.228 e. The van der Waals surface area contributed by atoms with Gasteiger partial charge in [0.2, 0.25) is 0 Å². The van der Waals surface area contributed by atoms with Gasteiger partial charge >= 0.3 is 0 Å². The fourth-order valence-corrected chi connectivity index (χ4v) is 2.45. The summed E-state index contributed by atoms with van der Waals surface area (Å²) >= 11 is 6.24. The Kier molecular flexibility index (Phi) is 3.36. The number of rotatable bonds is 2. The van der Waals surface area contributed by atoms with Crippen molar-refractivity contribution in [1.29, 1.82) is 0 Å². The van der Waals surface area contributed by atoms with Crippen LogP contribution in [-0.4, -0.2) is 9.97 Å². The molecule has 0 unspecified atom stereocenters. The first-order chi connectivity index (χ1) is 9.69. The van der Waals surface area contributed by atoms with Gasteiger partial charge in [-0.15, -0.1) is 0 Å². The molecule has 0 N–H and O–H groups in total. The van der Waals surface area contributed by atoms with E-state index in [0.717, 1.165) is 22.9 Å². The standard InChI is InChI=1S/C16H12ClFN2/c1-2-10-5-4-8-13-14(10)19-16(20-15(13)17)11-6-3-7-12(18)9-11/h3-9H,2H2,1H3. The lowest BCUT2D eigenvalue weighted by atomic mass is 10.1. The molecule has 1 aromatic heterocycles. The normalized spacial score (nSPS) is 10.9. The summed E-state index contributed by atoms with van der Waals surface area (Å²) < 4.78 is 13.3. The van der Waals surface area contributed by atoms with Crippen molar-refractivity contribution in [1.82, 2.24) is 9.97 Å². The molecular formula is C16H12ClFN2. The van der Waals surface area contributed by atoms with Gasteiger partial charge in [-0.1, -0.05) is 42.8 Å². The van der Waals surface area contributed by atoms with Crippen molar-refractivity contribution < 1.29 is 4.39 Å². The molecule has 0 atom stereocenters. The Morgan fingerprint density at radius 3 is 2.65 bits per heavy atom. The van der Waals surface area contributed by atoms with Crippen LogP contribution in [0.2, 0.25) is 5.15 Å². The van der Waals surface area contributed by atoms with Crippen molar-refractivity contribution in [2.24, 2.45) is 0 Å². The Balaban J connectivity index is 2.28. The second-order valence-corrected chi connectivity index (χ2v) is 4.87. The molecule has 1 heterocycles. The van der Waals surface area contributed by atoms with E-state index in [1.54, 1.807) is 12.1 Å². The van der Waals surface area contributed by atoms with Gasteiger partial charge < -0.3 is 0 Å². The third-order valence-corrected chi connectivity index (χ3v) is 3.52. The average Bonchev–Trinajstić information content (AvgIpc) is 2.46. The maximum absolute atomic E-state index is 13.3. The number of nitrogens with zero attached hydrogens (tertiary/aromatic N) is 2. The van der Waals surface area contributed by atoms with Crippen LogP contribution in [0, 0.1) is 5.82 Å². The first-order valence-electron chi connectivity index (χ1n) is 6.40. The average molecular weight is 287 g/mol. The van der Waals surface area contributed by atoms with E-state index < -0.39 is 0 Å². The van der Waals surface area contributed by atoms with Crippen molar-refractivity contribution in [3.63, 3.8) is 0 Å². The van der Waals surface area contributed by atoms with Gasteiger partial charge in [-0.05, 0) is 30.2 Å². The summed E-state index contributed by atoms with van der Waals surface area (Å²) in [5.41, 5.74) is 2.55. The van der Waals surface area contributed by atoms with Gasteiger partial charge in [0.05, 0.1) is 5.52 Å². The first kappa shape index (κ1) is 13.0. The highest BCUT2D eigenvalue weighted by atomic mass is 35.5. The van der Waals surface area contributed by atoms with Crippen LogP contribution in [0.5, 0.6) is 0 Å². The number of para-hydroxylation sites is 1. The molecule has 2 nitrogen and oxygen atoms in total. The number of benzene rings is 2. The zero-order valence-corrected chi connectivity index (χ0v) is 11.7. The Labute approximate surface area is 121 Å². The highest BCUT2D eigenvalue weighted by molar-refractivity contribution is 6.34. The maximum atomic E-state index is 13.3. The molecule has 20 heavy (non-hydrogen) atoms. The van der Waals surface area contributed by atoms with E-state index in [1.807, 2.05) is 18.2 Å². The van der Waals surface area contributed by atoms with Crippen LogP contribution >= 0.6 is 11.6 Å². The van der Waals surface area contributed by atoms with Gasteiger partial charge in [0.15, 0.2) is 5.82 Å². The third kappa shape index (κ3) is 2.25. The molecule has 0 fully saturated rings. The third-order valence-electron chi connectivity index (χ3n) is 3.23. The van der Waals surface area contributed by atoms with E-state index in [4.69, 9.17) is 11.6 Å². The SMILES string of the molecule is CCc1cccc2c(Cl)nc(-c3cccc(F)c3)nc12. The Bertz CT molecular complexity index is 787. The summed E-state index contributed by atoms with van der Waals surface area (Å²) in [6.45, 7) is 2.06. The lowest BCUT2D eigenvalue weighted by molar-refractivity contribution is 0.628. The van der Waals surface area contributed by atoms with E-state index in [0.29, 0.717) is 16.5 Å². The van der Waals surface area contributed by atoms with Crippen LogP contribution in [0.4, 0.5) is 4.39 Å². The molecule has 100 valence electrons. The fourth-order valence-electron chi connectivity index (χ4n) is 2.22. The molecule has 0 spiro atoms. The number of aryl methyl sites for hydroxylation is 1. The zero-order valence-electron chi connectivity index (χ0n) is 10.9. The molecule has 0 aliphatic carbocycles. The molecule has 0 bridgehead atoms. The van der Waals surface area contributed by atoms with Crippen LogP contribution < -0.4 is 0 Å². The van der Waals surface area contributed by atoms with Crippen LogP contribution in [0.15, 0.2) is 42.5 Å². The second kappa shape index (κ2) is 5.17. The summed E-state index contributed by atoms with van der Waals surface area (Å²) in [6, 6.07) is 12.1. The summed E-state index contributed by atoms with van der Waals surface area (Å²) in [5, 5.41) is 1.22. The van der Waals surface area contributed by atoms with E-state index in [1.165, 1.54) is 12.1 Å². The van der Waals surface area contributed by atoms with Gasteiger partial charge in [-0.25, -0.2) is 14.4 Å². The van der Waals surface area contributed by atoms with Crippen molar-refractivity contribution >= 4 is 22.5 Å². The summed E-state index contributed by atoms with van der Waals surface area (Å²) in [4.78, 5) is 8.83. The molecule has 0 saturated heterocycles. The lowest BCUT2D eigenvalue weighted by Crippen LogP contribution is -1.95. The molecule has 3 aromatic rings. The minimum absolute atomic E-state index is 0.314. The van der Waals surface area contributed by atoms with Gasteiger partial charge in [0, 0.05) is 10.9 Å². The topological polar surface area (TPSA) is 25.8 Å². The molecule has 0 aliphatic heterocycles. The van der Waals surface area contributed by atoms with Gasteiger partial charge in [0.1, 0.15) is 11.0 Å². The Hall–Kier alpha value is -2.00. The van der Waals surface area contributed by atoms with Crippen LogP contribution in [0.1, 0.15) is 12.5 Å². The molecule has 0 saturated carbocycles. The molecule has 0 aliphatic rings. The molecule has 4 heteroatoms. The number of hydrogen-bond donors (Lipinski definition) is 0. The van der Waals surface area contributed by atoms with Crippen molar-refractivity contribution in [2.75, 3.05) is 0 Å². The quantitative estimate of drug-likeness (QED) is 0.641. The van der Waals surface area contributed by atoms with Gasteiger partial charge in [-0.3, -0.25) is 0 Å². The predicted octanol–water partition coefficient (Wildman–Crippen LogP) is 4.65. The highest BCUT2D eigenvalue weighted by Crippen LogP contribution is 2.27. The molecule has 3 rings (SSSR count). The number of fused-ring (bicyclic) bond motifs is 1. The molecule has 0 radical (unpaired) electrons. The van der Waals surface area contributed by atoms with E-state index in [9.17, 15) is 4.39 Å². The zero-order chi connectivity index (χ0) is 14.1. The van der Waals surface area contributed by atoms with Crippen LogP contribution in [0.25, 0.3) is 22.3 Å². The second-order valence-electron chi connectivity index (χ2n) is 4.52. The summed E-state index contributed by atoms with van der Waals surface area (Å²) in [6.07, 6.45) is 0.854. The molecular weight excluding hydrogens is 275 g/mol. The predicted molar refractivity (Wildman–Crippen MR) is 79.3 cm³/mol. The van der Waals surface area contributed by atoms with Gasteiger partial charge in [0.25, 0.3) is 0 Å². The summed E-state index contributed by atoms with van der Waals surface area (Å²) in [7, 11) is 0.